The fraction of sp³-hybridized carbons (Fsp3) is 0.0435. The zero-order valence-electron chi connectivity index (χ0n) is 13.5. The molecule has 0 spiro atoms. The molecule has 0 bridgehead atoms. The van der Waals surface area contributed by atoms with Crippen LogP contribution in [0.2, 0.25) is 0 Å². The molecular formula is C23H15FO. The van der Waals surface area contributed by atoms with Crippen LogP contribution in [0.4, 0.5) is 4.39 Å². The van der Waals surface area contributed by atoms with Crippen LogP contribution in [-0.4, -0.2) is 0 Å². The monoisotopic (exact) mass is 326 g/mol. The van der Waals surface area contributed by atoms with Gasteiger partial charge in [-0.1, -0.05) is 54.6 Å². The number of halogens is 1. The molecule has 1 aliphatic carbocycles. The molecule has 25 heavy (non-hydrogen) atoms. The van der Waals surface area contributed by atoms with E-state index in [9.17, 15) is 4.39 Å². The largest absolute Gasteiger partial charge is 0.456 e. The summed E-state index contributed by atoms with van der Waals surface area (Å²) in [5, 5.41) is 1.16. The molecule has 3 aromatic carbocycles. The van der Waals surface area contributed by atoms with Gasteiger partial charge >= 0.3 is 0 Å². The van der Waals surface area contributed by atoms with Gasteiger partial charge in [0.2, 0.25) is 0 Å². The third kappa shape index (κ3) is 2.30. The zero-order valence-corrected chi connectivity index (χ0v) is 13.5. The van der Waals surface area contributed by atoms with Crippen molar-refractivity contribution in [3.63, 3.8) is 0 Å². The van der Waals surface area contributed by atoms with Crippen LogP contribution in [0.25, 0.3) is 22.6 Å². The fourth-order valence-electron chi connectivity index (χ4n) is 3.62. The van der Waals surface area contributed by atoms with Crippen molar-refractivity contribution in [2.24, 2.45) is 0 Å². The van der Waals surface area contributed by atoms with Crippen molar-refractivity contribution in [3.05, 3.63) is 107 Å². The number of fused-ring (bicyclic) bond motifs is 4. The minimum Gasteiger partial charge on any atom is -0.456 e. The number of para-hydroxylation sites is 1. The highest BCUT2D eigenvalue weighted by Crippen LogP contribution is 2.38. The molecule has 5 rings (SSSR count). The molecule has 1 aromatic heterocycles. The summed E-state index contributed by atoms with van der Waals surface area (Å²) in [6, 6.07) is 23.2. The highest BCUT2D eigenvalue weighted by Gasteiger charge is 2.21. The van der Waals surface area contributed by atoms with Crippen molar-refractivity contribution in [2.75, 3.05) is 0 Å². The van der Waals surface area contributed by atoms with Crippen LogP contribution < -0.4 is 0 Å². The molecule has 0 saturated carbocycles. The lowest BCUT2D eigenvalue weighted by atomic mass is 9.93. The molecule has 120 valence electrons. The van der Waals surface area contributed by atoms with Gasteiger partial charge in [0.1, 0.15) is 17.2 Å². The van der Waals surface area contributed by atoms with Crippen LogP contribution >= 0.6 is 0 Å². The van der Waals surface area contributed by atoms with Crippen molar-refractivity contribution in [1.29, 1.82) is 0 Å². The smallest absolute Gasteiger partial charge is 0.135 e. The lowest BCUT2D eigenvalue weighted by Crippen LogP contribution is -1.94. The number of hydrogen-bond donors (Lipinski definition) is 0. The molecule has 2 heteroatoms. The summed E-state index contributed by atoms with van der Waals surface area (Å²) in [6.45, 7) is 0. The molecule has 0 fully saturated rings. The Morgan fingerprint density at radius 1 is 0.800 bits per heavy atom. The Labute approximate surface area is 145 Å². The fourth-order valence-corrected chi connectivity index (χ4v) is 3.62. The third-order valence-corrected chi connectivity index (χ3v) is 4.83. The molecule has 0 atom stereocenters. The molecule has 0 unspecified atom stereocenters. The first-order valence-corrected chi connectivity index (χ1v) is 8.36. The Balaban J connectivity index is 1.81. The maximum Gasteiger partial charge on any atom is 0.135 e. The Bertz CT molecular complexity index is 1120. The van der Waals surface area contributed by atoms with Gasteiger partial charge in [-0.2, -0.15) is 0 Å². The van der Waals surface area contributed by atoms with Gasteiger partial charge in [-0.15, -0.1) is 0 Å². The number of hydrogen-bond acceptors (Lipinski definition) is 1. The summed E-state index contributed by atoms with van der Waals surface area (Å²) >= 11 is 0. The van der Waals surface area contributed by atoms with Crippen LogP contribution in [0.5, 0.6) is 0 Å². The van der Waals surface area contributed by atoms with Crippen LogP contribution in [0.3, 0.4) is 0 Å². The number of rotatable bonds is 1. The molecular weight excluding hydrogens is 311 g/mol. The summed E-state index contributed by atoms with van der Waals surface area (Å²) in [4.78, 5) is 0. The van der Waals surface area contributed by atoms with E-state index < -0.39 is 0 Å². The SMILES string of the molecule is Fc1ccc(C2=Cc3oc4ccccc4c3Cc3ccccc32)cc1. The summed E-state index contributed by atoms with van der Waals surface area (Å²) in [5.74, 6) is 0.660. The van der Waals surface area contributed by atoms with Crippen molar-refractivity contribution >= 4 is 22.6 Å². The van der Waals surface area contributed by atoms with Crippen LogP contribution in [0.1, 0.15) is 28.0 Å². The number of furan rings is 1. The molecule has 0 saturated heterocycles. The first-order chi connectivity index (χ1) is 12.3. The second kappa shape index (κ2) is 5.45. The molecule has 1 nitrogen and oxygen atoms in total. The maximum absolute atomic E-state index is 13.4. The van der Waals surface area contributed by atoms with Gasteiger partial charge in [-0.25, -0.2) is 4.39 Å². The molecule has 4 aromatic rings. The topological polar surface area (TPSA) is 13.1 Å². The van der Waals surface area contributed by atoms with Crippen LogP contribution in [-0.2, 0) is 6.42 Å². The predicted octanol–water partition coefficient (Wildman–Crippen LogP) is 6.07. The van der Waals surface area contributed by atoms with E-state index >= 15 is 0 Å². The van der Waals surface area contributed by atoms with Gasteiger partial charge in [0.05, 0.1) is 0 Å². The average Bonchev–Trinajstić information content (AvgIpc) is 2.90. The van der Waals surface area contributed by atoms with Crippen LogP contribution in [0, 0.1) is 5.82 Å². The van der Waals surface area contributed by atoms with Gasteiger partial charge < -0.3 is 4.42 Å². The molecule has 0 radical (unpaired) electrons. The molecule has 0 aliphatic heterocycles. The van der Waals surface area contributed by atoms with Gasteiger partial charge in [-0.3, -0.25) is 0 Å². The maximum atomic E-state index is 13.4. The molecule has 1 heterocycles. The number of benzene rings is 3. The summed E-state index contributed by atoms with van der Waals surface area (Å²) in [7, 11) is 0. The highest BCUT2D eigenvalue weighted by molar-refractivity contribution is 5.96. The van der Waals surface area contributed by atoms with E-state index in [1.165, 1.54) is 28.8 Å². The molecule has 0 N–H and O–H groups in total. The highest BCUT2D eigenvalue weighted by atomic mass is 19.1. The summed E-state index contributed by atoms with van der Waals surface area (Å²) in [5.41, 5.74) is 6.59. The van der Waals surface area contributed by atoms with Gasteiger partial charge in [0.15, 0.2) is 0 Å². The van der Waals surface area contributed by atoms with E-state index in [0.717, 1.165) is 34.3 Å². The van der Waals surface area contributed by atoms with E-state index in [1.807, 2.05) is 36.4 Å². The van der Waals surface area contributed by atoms with E-state index in [2.05, 4.69) is 30.3 Å². The van der Waals surface area contributed by atoms with E-state index in [0.29, 0.717) is 0 Å². The minimum atomic E-state index is -0.226. The van der Waals surface area contributed by atoms with Crippen molar-refractivity contribution in [1.82, 2.24) is 0 Å². The standard InChI is InChI=1S/C23H15FO/c24-17-11-9-15(10-12-17)20-14-23-21(13-16-5-1-2-6-18(16)20)19-7-3-4-8-22(19)25-23/h1-12,14H,13H2. The summed E-state index contributed by atoms with van der Waals surface area (Å²) < 4.78 is 19.5. The predicted molar refractivity (Wildman–Crippen MR) is 98.8 cm³/mol. The molecule has 0 amide bonds. The van der Waals surface area contributed by atoms with E-state index in [4.69, 9.17) is 4.42 Å². The average molecular weight is 326 g/mol. The zero-order chi connectivity index (χ0) is 16.8. The third-order valence-electron chi connectivity index (χ3n) is 4.83. The van der Waals surface area contributed by atoms with Crippen molar-refractivity contribution in [3.8, 4) is 0 Å². The Morgan fingerprint density at radius 2 is 1.56 bits per heavy atom. The second-order valence-electron chi connectivity index (χ2n) is 6.34. The van der Waals surface area contributed by atoms with E-state index in [-0.39, 0.29) is 5.82 Å². The summed E-state index contributed by atoms with van der Waals surface area (Å²) in [6.07, 6.45) is 2.91. The lowest BCUT2D eigenvalue weighted by molar-refractivity contribution is 0.600. The van der Waals surface area contributed by atoms with Crippen molar-refractivity contribution in [2.45, 2.75) is 6.42 Å². The van der Waals surface area contributed by atoms with Gasteiger partial charge in [-0.05, 0) is 46.5 Å². The Morgan fingerprint density at radius 3 is 2.44 bits per heavy atom. The normalized spacial score (nSPS) is 13.1. The van der Waals surface area contributed by atoms with Gasteiger partial charge in [0.25, 0.3) is 0 Å². The minimum absolute atomic E-state index is 0.226. The van der Waals surface area contributed by atoms with Crippen LogP contribution in [0.15, 0.2) is 77.2 Å². The quantitative estimate of drug-likeness (QED) is 0.365. The van der Waals surface area contributed by atoms with Crippen molar-refractivity contribution < 1.29 is 8.81 Å². The van der Waals surface area contributed by atoms with E-state index in [1.54, 1.807) is 0 Å². The second-order valence-corrected chi connectivity index (χ2v) is 6.34. The first kappa shape index (κ1) is 14.2. The Hall–Kier alpha value is -3.13. The first-order valence-electron chi connectivity index (χ1n) is 8.36. The Kier molecular flexibility index (Phi) is 3.10. The lowest BCUT2D eigenvalue weighted by Gasteiger charge is -2.11. The van der Waals surface area contributed by atoms with Gasteiger partial charge in [0, 0.05) is 17.4 Å². The molecule has 1 aliphatic rings.